The number of hydrogen-bond acceptors (Lipinski definition) is 2. The summed E-state index contributed by atoms with van der Waals surface area (Å²) in [5, 5.41) is 0. The van der Waals surface area contributed by atoms with Crippen LogP contribution in [0, 0.1) is 35.5 Å². The second kappa shape index (κ2) is 4.07. The maximum atomic E-state index is 12.7. The fourth-order valence-corrected chi connectivity index (χ4v) is 5.33. The van der Waals surface area contributed by atoms with Crippen molar-refractivity contribution in [1.82, 2.24) is 4.90 Å². The van der Waals surface area contributed by atoms with Crippen molar-refractivity contribution in [1.29, 1.82) is 0 Å². The molecule has 0 aromatic rings. The molecule has 5 atom stereocenters. The van der Waals surface area contributed by atoms with Gasteiger partial charge >= 0.3 is 0 Å². The van der Waals surface area contributed by atoms with Gasteiger partial charge in [0.1, 0.15) is 5.78 Å². The smallest absolute Gasteiger partial charge is 0.226 e. The topological polar surface area (TPSA) is 37.4 Å². The maximum Gasteiger partial charge on any atom is 0.226 e. The van der Waals surface area contributed by atoms with Gasteiger partial charge in [0, 0.05) is 31.3 Å². The van der Waals surface area contributed by atoms with E-state index >= 15 is 0 Å². The predicted octanol–water partition coefficient (Wildman–Crippen LogP) is 2.11. The highest BCUT2D eigenvalue weighted by atomic mass is 16.2. The minimum absolute atomic E-state index is 0.105. The van der Waals surface area contributed by atoms with E-state index in [0.29, 0.717) is 37.1 Å². The van der Waals surface area contributed by atoms with Crippen molar-refractivity contribution >= 4 is 11.7 Å². The highest BCUT2D eigenvalue weighted by Crippen LogP contribution is 2.69. The normalized spacial score (nSPS) is 47.4. The van der Waals surface area contributed by atoms with Gasteiger partial charge in [-0.15, -0.1) is 0 Å². The van der Waals surface area contributed by atoms with E-state index in [2.05, 4.69) is 6.92 Å². The standard InChI is InChI=1S/C16H23NO2/c1-2-9-8-17(6-5-12(9)18)16(19)15-13-10-3-4-11(7-10)14(13)15/h9-11,13-15H,2-8H2,1H3. The molecule has 1 aliphatic heterocycles. The molecule has 0 N–H and O–H groups in total. The van der Waals surface area contributed by atoms with E-state index in [-0.39, 0.29) is 5.92 Å². The summed E-state index contributed by atoms with van der Waals surface area (Å²) in [5.74, 6) is 4.37. The first-order chi connectivity index (χ1) is 9.20. The van der Waals surface area contributed by atoms with Crippen molar-refractivity contribution in [2.24, 2.45) is 35.5 Å². The van der Waals surface area contributed by atoms with Gasteiger partial charge in [0.15, 0.2) is 0 Å². The molecule has 4 aliphatic rings. The van der Waals surface area contributed by atoms with Crippen LogP contribution < -0.4 is 0 Å². The average Bonchev–Trinajstić information content (AvgIpc) is 2.86. The highest BCUT2D eigenvalue weighted by molar-refractivity contribution is 5.87. The molecule has 3 saturated carbocycles. The number of nitrogens with zero attached hydrogens (tertiary/aromatic N) is 1. The number of piperidine rings is 1. The number of carbonyl (C=O) groups excluding carboxylic acids is 2. The zero-order chi connectivity index (χ0) is 13.1. The Labute approximate surface area is 114 Å². The third-order valence-corrected chi connectivity index (χ3v) is 6.35. The highest BCUT2D eigenvalue weighted by Gasteiger charge is 2.68. The number of likely N-dealkylation sites (tertiary alicyclic amines) is 1. The largest absolute Gasteiger partial charge is 0.341 e. The van der Waals surface area contributed by atoms with Crippen molar-refractivity contribution < 1.29 is 9.59 Å². The molecule has 4 fully saturated rings. The lowest BCUT2D eigenvalue weighted by molar-refractivity contribution is -0.139. The third kappa shape index (κ3) is 1.63. The van der Waals surface area contributed by atoms with Crippen LogP contribution in [0.15, 0.2) is 0 Å². The molecule has 4 rings (SSSR count). The van der Waals surface area contributed by atoms with E-state index in [4.69, 9.17) is 0 Å². The fraction of sp³-hybridized carbons (Fsp3) is 0.875. The zero-order valence-corrected chi connectivity index (χ0v) is 11.7. The fourth-order valence-electron chi connectivity index (χ4n) is 5.33. The summed E-state index contributed by atoms with van der Waals surface area (Å²) in [6.07, 6.45) is 5.59. The number of hydrogen-bond donors (Lipinski definition) is 0. The number of fused-ring (bicyclic) bond motifs is 5. The molecule has 104 valence electrons. The number of carbonyl (C=O) groups is 2. The molecule has 0 aromatic heterocycles. The van der Waals surface area contributed by atoms with Crippen LogP contribution in [-0.4, -0.2) is 29.7 Å². The van der Waals surface area contributed by atoms with Gasteiger partial charge in [-0.3, -0.25) is 9.59 Å². The lowest BCUT2D eigenvalue weighted by Crippen LogP contribution is -2.45. The summed E-state index contributed by atoms with van der Waals surface area (Å²) in [6.45, 7) is 3.43. The maximum absolute atomic E-state index is 12.7. The minimum atomic E-state index is 0.105. The SMILES string of the molecule is CCC1CN(C(=O)C2C3C4CCC(C4)C23)CCC1=O. The van der Waals surface area contributed by atoms with Gasteiger partial charge in [-0.25, -0.2) is 0 Å². The van der Waals surface area contributed by atoms with Crippen molar-refractivity contribution in [3.05, 3.63) is 0 Å². The van der Waals surface area contributed by atoms with Crippen LogP contribution in [0.25, 0.3) is 0 Å². The number of Topliss-reactive ketones (excluding diaryl/α,β-unsaturated/α-hetero) is 1. The molecule has 3 heteroatoms. The lowest BCUT2D eigenvalue weighted by atomic mass is 9.93. The molecular weight excluding hydrogens is 238 g/mol. The minimum Gasteiger partial charge on any atom is -0.341 e. The summed E-state index contributed by atoms with van der Waals surface area (Å²) in [7, 11) is 0. The number of rotatable bonds is 2. The number of amides is 1. The van der Waals surface area contributed by atoms with E-state index in [9.17, 15) is 9.59 Å². The summed E-state index contributed by atoms with van der Waals surface area (Å²) >= 11 is 0. The molecule has 19 heavy (non-hydrogen) atoms. The van der Waals surface area contributed by atoms with Crippen molar-refractivity contribution in [3.8, 4) is 0 Å². The summed E-state index contributed by atoms with van der Waals surface area (Å²) in [4.78, 5) is 26.4. The van der Waals surface area contributed by atoms with Crippen LogP contribution in [0.2, 0.25) is 0 Å². The Morgan fingerprint density at radius 1 is 1.26 bits per heavy atom. The van der Waals surface area contributed by atoms with Gasteiger partial charge in [-0.2, -0.15) is 0 Å². The summed E-state index contributed by atoms with van der Waals surface area (Å²) in [6, 6.07) is 0. The van der Waals surface area contributed by atoms with Crippen LogP contribution in [0.1, 0.15) is 39.0 Å². The Kier molecular flexibility index (Phi) is 2.55. The molecular formula is C16H23NO2. The lowest BCUT2D eigenvalue weighted by Gasteiger charge is -2.32. The van der Waals surface area contributed by atoms with Crippen LogP contribution in [0.5, 0.6) is 0 Å². The average molecular weight is 261 g/mol. The Bertz CT molecular complexity index is 416. The number of ketones is 1. The van der Waals surface area contributed by atoms with Crippen molar-refractivity contribution in [3.63, 3.8) is 0 Å². The van der Waals surface area contributed by atoms with E-state index in [1.807, 2.05) is 4.90 Å². The van der Waals surface area contributed by atoms with Gasteiger partial charge in [0.05, 0.1) is 0 Å². The van der Waals surface area contributed by atoms with E-state index in [0.717, 1.165) is 30.1 Å². The molecule has 0 radical (unpaired) electrons. The Morgan fingerprint density at radius 2 is 1.95 bits per heavy atom. The Hall–Kier alpha value is -0.860. The van der Waals surface area contributed by atoms with Gasteiger partial charge in [0.25, 0.3) is 0 Å². The molecule has 3 aliphatic carbocycles. The van der Waals surface area contributed by atoms with Gasteiger partial charge in [-0.05, 0) is 49.4 Å². The molecule has 0 spiro atoms. The quantitative estimate of drug-likeness (QED) is 0.763. The van der Waals surface area contributed by atoms with E-state index in [1.54, 1.807) is 0 Å². The molecule has 1 heterocycles. The first-order valence-electron chi connectivity index (χ1n) is 8.02. The van der Waals surface area contributed by atoms with Crippen molar-refractivity contribution in [2.45, 2.75) is 39.0 Å². The summed E-state index contributed by atoms with van der Waals surface area (Å²) in [5.41, 5.74) is 0. The first-order valence-corrected chi connectivity index (χ1v) is 8.02. The van der Waals surface area contributed by atoms with Crippen LogP contribution in [-0.2, 0) is 9.59 Å². The van der Waals surface area contributed by atoms with Crippen LogP contribution in [0.4, 0.5) is 0 Å². The molecule has 5 unspecified atom stereocenters. The molecule has 2 bridgehead atoms. The van der Waals surface area contributed by atoms with Gasteiger partial charge < -0.3 is 4.90 Å². The first kappa shape index (κ1) is 11.9. The second-order valence-electron chi connectivity index (χ2n) is 7.12. The zero-order valence-electron chi connectivity index (χ0n) is 11.7. The second-order valence-corrected chi connectivity index (χ2v) is 7.12. The van der Waals surface area contributed by atoms with Gasteiger partial charge in [-0.1, -0.05) is 6.92 Å². The Morgan fingerprint density at radius 3 is 2.58 bits per heavy atom. The van der Waals surface area contributed by atoms with Gasteiger partial charge in [0.2, 0.25) is 5.91 Å². The van der Waals surface area contributed by atoms with E-state index in [1.165, 1.54) is 19.3 Å². The predicted molar refractivity (Wildman–Crippen MR) is 71.3 cm³/mol. The Balaban J connectivity index is 1.44. The van der Waals surface area contributed by atoms with Crippen LogP contribution in [0.3, 0.4) is 0 Å². The van der Waals surface area contributed by atoms with Crippen LogP contribution >= 0.6 is 0 Å². The van der Waals surface area contributed by atoms with E-state index < -0.39 is 0 Å². The molecule has 0 aromatic carbocycles. The molecule has 3 nitrogen and oxygen atoms in total. The summed E-state index contributed by atoms with van der Waals surface area (Å²) < 4.78 is 0. The third-order valence-electron chi connectivity index (χ3n) is 6.35. The molecule has 1 saturated heterocycles. The molecule has 1 amide bonds. The monoisotopic (exact) mass is 261 g/mol. The van der Waals surface area contributed by atoms with Crippen molar-refractivity contribution in [2.75, 3.05) is 13.1 Å².